The maximum Gasteiger partial charge on any atom is 0.407 e. The Morgan fingerprint density at radius 2 is 1.62 bits per heavy atom. The number of ether oxygens (including phenoxy) is 1. The number of nitrogens with zero attached hydrogens (tertiary/aromatic N) is 1. The van der Waals surface area contributed by atoms with Gasteiger partial charge >= 0.3 is 13.7 Å². The van der Waals surface area contributed by atoms with Gasteiger partial charge in [0.15, 0.2) is 6.10 Å². The highest BCUT2D eigenvalue weighted by Gasteiger charge is 2.29. The Morgan fingerprint density at radius 1 is 1.08 bits per heavy atom. The summed E-state index contributed by atoms with van der Waals surface area (Å²) in [5.74, 6) is 0. The molecular formula is C16H36N2O5P+. The maximum absolute atomic E-state index is 11.8. The summed E-state index contributed by atoms with van der Waals surface area (Å²) in [5, 5.41) is 2.67. The number of hydrogen-bond acceptors (Lipinski definition) is 3. The first-order valence-electron chi connectivity index (χ1n) is 8.83. The summed E-state index contributed by atoms with van der Waals surface area (Å²) < 4.78 is 16.9. The van der Waals surface area contributed by atoms with E-state index in [1.807, 2.05) is 21.1 Å². The van der Waals surface area contributed by atoms with Gasteiger partial charge in [-0.15, -0.1) is 0 Å². The number of nitrogens with one attached hydrogen (secondary N) is 1. The van der Waals surface area contributed by atoms with Crippen LogP contribution in [-0.4, -0.2) is 66.9 Å². The fourth-order valence-electron chi connectivity index (χ4n) is 2.47. The second-order valence-electron chi connectivity index (χ2n) is 7.40. The molecule has 144 valence electrons. The van der Waals surface area contributed by atoms with Crippen LogP contribution in [0.5, 0.6) is 0 Å². The van der Waals surface area contributed by atoms with E-state index in [-0.39, 0.29) is 0 Å². The van der Waals surface area contributed by atoms with Crippen molar-refractivity contribution in [3.63, 3.8) is 0 Å². The molecule has 8 heteroatoms. The number of rotatable bonds is 13. The Balaban J connectivity index is 4.03. The van der Waals surface area contributed by atoms with Crippen molar-refractivity contribution in [2.75, 3.05) is 40.4 Å². The van der Waals surface area contributed by atoms with Crippen LogP contribution < -0.4 is 5.32 Å². The minimum absolute atomic E-state index is 0.343. The topological polar surface area (TPSA) is 95.9 Å². The lowest BCUT2D eigenvalue weighted by atomic mass is 10.1. The van der Waals surface area contributed by atoms with Gasteiger partial charge in [-0.1, -0.05) is 45.4 Å². The van der Waals surface area contributed by atoms with E-state index in [1.165, 1.54) is 32.1 Å². The normalized spacial score (nSPS) is 13.6. The second-order valence-corrected chi connectivity index (χ2v) is 9.09. The molecule has 7 nitrogen and oxygen atoms in total. The maximum atomic E-state index is 11.8. The molecule has 0 saturated carbocycles. The van der Waals surface area contributed by atoms with Crippen LogP contribution in [0.2, 0.25) is 0 Å². The zero-order valence-corrected chi connectivity index (χ0v) is 16.6. The zero-order chi connectivity index (χ0) is 18.6. The average Bonchev–Trinajstić information content (AvgIpc) is 2.37. The smallest absolute Gasteiger partial charge is 0.407 e. The molecule has 1 atom stereocenters. The molecular weight excluding hydrogens is 331 g/mol. The third-order valence-electron chi connectivity index (χ3n) is 3.52. The molecule has 0 spiro atoms. The van der Waals surface area contributed by atoms with E-state index in [9.17, 15) is 9.36 Å². The Hall–Kier alpha value is -0.620. The first-order chi connectivity index (χ1) is 11.0. The number of hydrogen-bond donors (Lipinski definition) is 3. The fraction of sp³-hybridized carbons (Fsp3) is 0.938. The first-order valence-corrected chi connectivity index (χ1v) is 10.6. The van der Waals surface area contributed by atoms with E-state index >= 15 is 0 Å². The summed E-state index contributed by atoms with van der Waals surface area (Å²) in [5.41, 5.74) is 0. The second kappa shape index (κ2) is 11.9. The lowest BCUT2D eigenvalue weighted by molar-refractivity contribution is -0.873. The largest absolute Gasteiger partial charge is 0.440 e. The van der Waals surface area contributed by atoms with Crippen molar-refractivity contribution in [1.82, 2.24) is 5.32 Å². The molecule has 0 aliphatic heterocycles. The van der Waals surface area contributed by atoms with Gasteiger partial charge in [0.2, 0.25) is 0 Å². The minimum Gasteiger partial charge on any atom is -0.440 e. The molecule has 1 amide bonds. The van der Waals surface area contributed by atoms with Gasteiger partial charge in [0, 0.05) is 6.54 Å². The van der Waals surface area contributed by atoms with Crippen molar-refractivity contribution in [3.8, 4) is 0 Å². The molecule has 0 heterocycles. The van der Waals surface area contributed by atoms with Crippen LogP contribution in [0.15, 0.2) is 0 Å². The quantitative estimate of drug-likeness (QED) is 0.264. The summed E-state index contributed by atoms with van der Waals surface area (Å²) in [4.78, 5) is 30.1. The number of quaternary nitrogens is 1. The Labute approximate surface area is 146 Å². The third kappa shape index (κ3) is 16.2. The molecule has 24 heavy (non-hydrogen) atoms. The summed E-state index contributed by atoms with van der Waals surface area (Å²) in [6.07, 6.45) is 6.26. The number of alkyl carbamates (subject to hydrolysis) is 1. The number of likely N-dealkylation sites (N-methyl/N-ethyl adjacent to an activating group) is 1. The number of carbonyl (C=O) groups excluding carboxylic acids is 1. The molecule has 0 rings (SSSR count). The molecule has 0 aromatic rings. The number of amides is 1. The Kier molecular flexibility index (Phi) is 11.5. The fourth-order valence-corrected chi connectivity index (χ4v) is 3.19. The van der Waals surface area contributed by atoms with Crippen molar-refractivity contribution in [1.29, 1.82) is 0 Å². The zero-order valence-electron chi connectivity index (χ0n) is 15.7. The molecule has 0 aromatic carbocycles. The monoisotopic (exact) mass is 367 g/mol. The van der Waals surface area contributed by atoms with Gasteiger partial charge in [0.1, 0.15) is 6.54 Å². The predicted octanol–water partition coefficient (Wildman–Crippen LogP) is 2.72. The van der Waals surface area contributed by atoms with Crippen LogP contribution in [0.3, 0.4) is 0 Å². The molecule has 0 radical (unpaired) electrons. The number of carbonyl (C=O) groups is 1. The SMILES string of the molecule is CCCCCCCCCNC(=O)OC(C[N+](C)(C)C)CP(=O)(O)O. The van der Waals surface area contributed by atoms with Gasteiger partial charge < -0.3 is 24.3 Å². The molecule has 0 aliphatic rings. The number of unbranched alkanes of at least 4 members (excludes halogenated alkanes) is 6. The summed E-state index contributed by atoms with van der Waals surface area (Å²) in [7, 11) is 1.41. The summed E-state index contributed by atoms with van der Waals surface area (Å²) in [6, 6.07) is 0. The molecule has 0 aromatic heterocycles. The van der Waals surface area contributed by atoms with Crippen LogP contribution >= 0.6 is 7.60 Å². The van der Waals surface area contributed by atoms with E-state index in [1.54, 1.807) is 0 Å². The van der Waals surface area contributed by atoms with Crippen LogP contribution in [0, 0.1) is 0 Å². The minimum atomic E-state index is -4.23. The van der Waals surface area contributed by atoms with Crippen molar-refractivity contribution < 1.29 is 28.4 Å². The van der Waals surface area contributed by atoms with Gasteiger partial charge in [-0.25, -0.2) is 4.79 Å². The molecule has 3 N–H and O–H groups in total. The Bertz CT molecular complexity index is 392. The van der Waals surface area contributed by atoms with Crippen molar-refractivity contribution in [3.05, 3.63) is 0 Å². The standard InChI is InChI=1S/C16H35N2O5P/c1-5-6-7-8-9-10-11-12-17-16(19)23-15(13-18(2,3)4)14-24(20,21)22/h15H,5-14H2,1-4H3,(H2-,17,19,20,21,22)/p+1. The van der Waals surface area contributed by atoms with Crippen LogP contribution in [0.4, 0.5) is 4.79 Å². The van der Waals surface area contributed by atoms with Gasteiger partial charge in [0.05, 0.1) is 27.3 Å². The molecule has 0 bridgehead atoms. The third-order valence-corrected chi connectivity index (χ3v) is 4.40. The van der Waals surface area contributed by atoms with Gasteiger partial charge in [0.25, 0.3) is 0 Å². The summed E-state index contributed by atoms with van der Waals surface area (Å²) in [6.45, 7) is 3.06. The Morgan fingerprint density at radius 3 is 2.12 bits per heavy atom. The van der Waals surface area contributed by atoms with Crippen LogP contribution in [-0.2, 0) is 9.30 Å². The lowest BCUT2D eigenvalue weighted by Crippen LogP contribution is -2.45. The van der Waals surface area contributed by atoms with E-state index in [2.05, 4.69) is 12.2 Å². The van der Waals surface area contributed by atoms with E-state index in [4.69, 9.17) is 14.5 Å². The first kappa shape index (κ1) is 23.4. The average molecular weight is 367 g/mol. The highest BCUT2D eigenvalue weighted by molar-refractivity contribution is 7.51. The molecule has 0 aliphatic carbocycles. The van der Waals surface area contributed by atoms with Gasteiger partial charge in [-0.2, -0.15) is 0 Å². The van der Waals surface area contributed by atoms with Crippen molar-refractivity contribution in [2.24, 2.45) is 0 Å². The predicted molar refractivity (Wildman–Crippen MR) is 96.1 cm³/mol. The summed E-state index contributed by atoms with van der Waals surface area (Å²) >= 11 is 0. The van der Waals surface area contributed by atoms with E-state index in [0.717, 1.165) is 12.8 Å². The van der Waals surface area contributed by atoms with Crippen LogP contribution in [0.1, 0.15) is 51.9 Å². The van der Waals surface area contributed by atoms with Gasteiger partial charge in [-0.05, 0) is 6.42 Å². The van der Waals surface area contributed by atoms with Gasteiger partial charge in [-0.3, -0.25) is 4.57 Å². The van der Waals surface area contributed by atoms with Crippen molar-refractivity contribution in [2.45, 2.75) is 58.0 Å². The lowest BCUT2D eigenvalue weighted by Gasteiger charge is -2.29. The van der Waals surface area contributed by atoms with E-state index < -0.39 is 26.0 Å². The molecule has 0 saturated heterocycles. The highest BCUT2D eigenvalue weighted by Crippen LogP contribution is 2.36. The van der Waals surface area contributed by atoms with Crippen LogP contribution in [0.25, 0.3) is 0 Å². The molecule has 0 fully saturated rings. The van der Waals surface area contributed by atoms with E-state index in [0.29, 0.717) is 17.6 Å². The molecule has 1 unspecified atom stereocenters. The van der Waals surface area contributed by atoms with Crippen molar-refractivity contribution >= 4 is 13.7 Å². The highest BCUT2D eigenvalue weighted by atomic mass is 31.2.